The number of carbonyl (C=O) groups is 3. The van der Waals surface area contributed by atoms with Crippen LogP contribution in [0.2, 0.25) is 0 Å². The largest absolute Gasteiger partial charge is 0.496 e. The maximum Gasteiger partial charge on any atom is 0.294 e. The number of amides is 2. The Kier molecular flexibility index (Phi) is 6.96. The van der Waals surface area contributed by atoms with Crippen LogP contribution in [0.1, 0.15) is 46.5 Å². The Balaban J connectivity index is 1.62. The fraction of sp³-hybridized carbons (Fsp3) is 0.393. The molecule has 1 aromatic heterocycles. The Bertz CT molecular complexity index is 1250. The number of nitrogens with zero attached hydrogens (tertiary/aromatic N) is 2. The summed E-state index contributed by atoms with van der Waals surface area (Å²) in [5, 5.41) is 0.536. The van der Waals surface area contributed by atoms with E-state index in [0.29, 0.717) is 40.6 Å². The summed E-state index contributed by atoms with van der Waals surface area (Å²) in [4.78, 5) is 45.0. The van der Waals surface area contributed by atoms with Crippen LogP contribution in [0.15, 0.2) is 48.7 Å². The summed E-state index contributed by atoms with van der Waals surface area (Å²) in [5.74, 6) is -0.0848. The molecule has 7 heteroatoms. The molecule has 1 aliphatic rings. The van der Waals surface area contributed by atoms with Gasteiger partial charge in [0.25, 0.3) is 17.6 Å². The lowest BCUT2D eigenvalue weighted by molar-refractivity contribution is -0.124. The van der Waals surface area contributed by atoms with E-state index in [1.807, 2.05) is 11.0 Å². The molecule has 2 heterocycles. The van der Waals surface area contributed by atoms with Crippen LogP contribution < -0.4 is 4.74 Å². The number of carbonyl (C=O) groups excluding carboxylic acids is 3. The highest BCUT2D eigenvalue weighted by Gasteiger charge is 2.35. The molecule has 1 N–H and O–H groups in total. The van der Waals surface area contributed by atoms with Crippen molar-refractivity contribution in [3.63, 3.8) is 0 Å². The molecule has 3 atom stereocenters. The Morgan fingerprint density at radius 3 is 2.46 bits per heavy atom. The summed E-state index contributed by atoms with van der Waals surface area (Å²) in [7, 11) is 4.61. The second-order valence-electron chi connectivity index (χ2n) is 9.80. The van der Waals surface area contributed by atoms with Gasteiger partial charge in [-0.05, 0) is 43.2 Å². The van der Waals surface area contributed by atoms with Gasteiger partial charge >= 0.3 is 0 Å². The number of ketones is 1. The zero-order valence-corrected chi connectivity index (χ0v) is 21.0. The molecule has 0 bridgehead atoms. The molecule has 1 saturated heterocycles. The highest BCUT2D eigenvalue weighted by Crippen LogP contribution is 2.34. The molecule has 4 rings (SSSR count). The van der Waals surface area contributed by atoms with Gasteiger partial charge in [0.2, 0.25) is 0 Å². The van der Waals surface area contributed by atoms with Crippen molar-refractivity contribution in [3.05, 3.63) is 65.4 Å². The molecular formula is C28H33N3O4. The molecule has 184 valence electrons. The first kappa shape index (κ1) is 24.5. The number of hydrogen-bond donors (Lipinski definition) is 1. The van der Waals surface area contributed by atoms with Crippen molar-refractivity contribution in [1.82, 2.24) is 14.8 Å². The number of rotatable bonds is 6. The van der Waals surface area contributed by atoms with Crippen molar-refractivity contribution in [2.45, 2.75) is 32.7 Å². The lowest BCUT2D eigenvalue weighted by Crippen LogP contribution is -2.48. The van der Waals surface area contributed by atoms with Gasteiger partial charge in [0.05, 0.1) is 18.2 Å². The van der Waals surface area contributed by atoms with Gasteiger partial charge < -0.3 is 19.5 Å². The highest BCUT2D eigenvalue weighted by molar-refractivity contribution is 6.44. The van der Waals surface area contributed by atoms with Crippen LogP contribution in [0.5, 0.6) is 5.75 Å². The number of Topliss-reactive ketones (excluding diaryl/α,β-unsaturated/α-hetero) is 1. The van der Waals surface area contributed by atoms with Crippen molar-refractivity contribution in [2.75, 3.05) is 27.7 Å². The van der Waals surface area contributed by atoms with Crippen LogP contribution in [0, 0.1) is 11.8 Å². The minimum atomic E-state index is -0.617. The number of aromatic amines is 1. The molecule has 2 amide bonds. The van der Waals surface area contributed by atoms with Crippen LogP contribution in [0.25, 0.3) is 10.9 Å². The Morgan fingerprint density at radius 2 is 1.80 bits per heavy atom. The SMILES string of the molecule is COc1cc2[nH]cc(C(=O)C(=O)N(C)C)c2cc1C(=O)N1C[C@H](C)C(Cc2ccccc2)C[C@@H]1C. The average Bonchev–Trinajstić information content (AvgIpc) is 3.27. The molecule has 0 spiro atoms. The molecule has 1 fully saturated rings. The second-order valence-corrected chi connectivity index (χ2v) is 9.80. The van der Waals surface area contributed by atoms with Crippen molar-refractivity contribution >= 4 is 28.5 Å². The van der Waals surface area contributed by atoms with Gasteiger partial charge in [0.15, 0.2) is 0 Å². The number of likely N-dealkylation sites (tertiary alicyclic amines) is 1. The molecule has 2 aromatic carbocycles. The Morgan fingerprint density at radius 1 is 1.09 bits per heavy atom. The minimum absolute atomic E-state index is 0.0652. The number of hydrogen-bond acceptors (Lipinski definition) is 4. The lowest BCUT2D eigenvalue weighted by atomic mass is 9.79. The van der Waals surface area contributed by atoms with Gasteiger partial charge in [0, 0.05) is 49.8 Å². The van der Waals surface area contributed by atoms with Gasteiger partial charge in [-0.25, -0.2) is 0 Å². The summed E-state index contributed by atoms with van der Waals surface area (Å²) >= 11 is 0. The van der Waals surface area contributed by atoms with Crippen LogP contribution in [-0.2, 0) is 11.2 Å². The third kappa shape index (κ3) is 4.81. The summed E-state index contributed by atoms with van der Waals surface area (Å²) < 4.78 is 5.56. The first-order valence-corrected chi connectivity index (χ1v) is 12.0. The number of methoxy groups -OCH3 is 1. The van der Waals surface area contributed by atoms with Crippen molar-refractivity contribution in [2.24, 2.45) is 11.8 Å². The van der Waals surface area contributed by atoms with Crippen molar-refractivity contribution in [1.29, 1.82) is 0 Å². The third-order valence-electron chi connectivity index (χ3n) is 7.14. The number of likely N-dealkylation sites (N-methyl/N-ethyl adjacent to an activating group) is 1. The quantitative estimate of drug-likeness (QED) is 0.428. The number of piperidine rings is 1. The van der Waals surface area contributed by atoms with E-state index in [-0.39, 0.29) is 17.5 Å². The molecule has 35 heavy (non-hydrogen) atoms. The number of ether oxygens (including phenoxy) is 1. The van der Waals surface area contributed by atoms with Crippen LogP contribution in [0.4, 0.5) is 0 Å². The zero-order valence-electron chi connectivity index (χ0n) is 21.0. The lowest BCUT2D eigenvalue weighted by Gasteiger charge is -2.42. The topological polar surface area (TPSA) is 82.7 Å². The maximum absolute atomic E-state index is 13.8. The predicted octanol–water partition coefficient (Wildman–Crippen LogP) is 4.18. The van der Waals surface area contributed by atoms with E-state index in [2.05, 4.69) is 43.1 Å². The maximum atomic E-state index is 13.8. The monoisotopic (exact) mass is 475 g/mol. The summed E-state index contributed by atoms with van der Waals surface area (Å²) in [6.07, 6.45) is 3.43. The first-order valence-electron chi connectivity index (χ1n) is 12.0. The Hall–Kier alpha value is -3.61. The van der Waals surface area contributed by atoms with Gasteiger partial charge in [-0.3, -0.25) is 14.4 Å². The van der Waals surface area contributed by atoms with Crippen LogP contribution in [0.3, 0.4) is 0 Å². The van der Waals surface area contributed by atoms with Gasteiger partial charge in [-0.2, -0.15) is 0 Å². The number of nitrogens with one attached hydrogen (secondary N) is 1. The summed E-state index contributed by atoms with van der Waals surface area (Å²) in [6.45, 7) is 4.94. The fourth-order valence-corrected chi connectivity index (χ4v) is 5.07. The third-order valence-corrected chi connectivity index (χ3v) is 7.14. The second kappa shape index (κ2) is 9.94. The number of H-pyrrole nitrogens is 1. The smallest absolute Gasteiger partial charge is 0.294 e. The molecule has 0 aliphatic carbocycles. The summed E-state index contributed by atoms with van der Waals surface area (Å²) in [5.41, 5.74) is 2.60. The van der Waals surface area contributed by atoms with E-state index in [4.69, 9.17) is 4.74 Å². The molecule has 0 radical (unpaired) electrons. The average molecular weight is 476 g/mol. The van der Waals surface area contributed by atoms with Crippen molar-refractivity contribution in [3.8, 4) is 5.75 Å². The molecular weight excluding hydrogens is 442 g/mol. The van der Waals surface area contributed by atoms with E-state index >= 15 is 0 Å². The fourth-order valence-electron chi connectivity index (χ4n) is 5.07. The van der Waals surface area contributed by atoms with Gasteiger partial charge in [0.1, 0.15) is 5.75 Å². The standard InChI is InChI=1S/C28H33N3O4/c1-17-16-31(18(2)11-20(17)12-19-9-7-6-8-10-19)27(33)22-13-21-23(26(32)28(34)30(3)4)15-29-24(21)14-25(22)35-5/h6-10,13-15,17-18,20,29H,11-12,16H2,1-5H3/t17-,18-,20?/m0/s1. The van der Waals surface area contributed by atoms with E-state index in [1.165, 1.54) is 37.9 Å². The molecule has 1 aliphatic heterocycles. The van der Waals surface area contributed by atoms with Gasteiger partial charge in [-0.15, -0.1) is 0 Å². The molecule has 3 aromatic rings. The number of benzene rings is 2. The van der Waals surface area contributed by atoms with Crippen molar-refractivity contribution < 1.29 is 19.1 Å². The van der Waals surface area contributed by atoms with Gasteiger partial charge in [-0.1, -0.05) is 37.3 Å². The molecule has 7 nitrogen and oxygen atoms in total. The predicted molar refractivity (Wildman–Crippen MR) is 136 cm³/mol. The highest BCUT2D eigenvalue weighted by atomic mass is 16.5. The van der Waals surface area contributed by atoms with E-state index in [1.54, 1.807) is 12.1 Å². The normalized spacial score (nSPS) is 20.0. The van der Waals surface area contributed by atoms with E-state index in [0.717, 1.165) is 12.8 Å². The number of fused-ring (bicyclic) bond motifs is 1. The summed E-state index contributed by atoms with van der Waals surface area (Å²) in [6, 6.07) is 13.9. The minimum Gasteiger partial charge on any atom is -0.496 e. The molecule has 0 saturated carbocycles. The number of aromatic nitrogens is 1. The molecule has 1 unspecified atom stereocenters. The van der Waals surface area contributed by atoms with Crippen LogP contribution in [-0.4, -0.2) is 66.2 Å². The van der Waals surface area contributed by atoms with E-state index in [9.17, 15) is 14.4 Å². The van der Waals surface area contributed by atoms with E-state index < -0.39 is 11.7 Å². The van der Waals surface area contributed by atoms with Crippen LogP contribution >= 0.6 is 0 Å². The first-order chi connectivity index (χ1) is 16.7. The Labute approximate surface area is 206 Å². The zero-order chi connectivity index (χ0) is 25.3.